The minimum absolute atomic E-state index is 0.142. The maximum atomic E-state index is 12.5. The predicted molar refractivity (Wildman–Crippen MR) is 97.4 cm³/mol. The number of carbonyl (C=O) groups is 1. The van der Waals surface area contributed by atoms with Gasteiger partial charge in [0.05, 0.1) is 23.6 Å². The summed E-state index contributed by atoms with van der Waals surface area (Å²) in [5, 5.41) is 9.84. The smallest absolute Gasteiger partial charge is 0.255 e. The van der Waals surface area contributed by atoms with Gasteiger partial charge in [0, 0.05) is 12.1 Å². The van der Waals surface area contributed by atoms with Crippen LogP contribution in [0.15, 0.2) is 60.8 Å². The van der Waals surface area contributed by atoms with Crippen molar-refractivity contribution in [2.24, 2.45) is 0 Å². The number of hydrogen-bond acceptors (Lipinski definition) is 3. The number of hydrogen-bond donors (Lipinski definition) is 2. The Morgan fingerprint density at radius 3 is 2.52 bits per heavy atom. The van der Waals surface area contributed by atoms with Crippen LogP contribution in [0.5, 0.6) is 5.75 Å². The highest BCUT2D eigenvalue weighted by atomic mass is 16.5. The summed E-state index contributed by atoms with van der Waals surface area (Å²) in [6.07, 6.45) is 1.69. The molecule has 0 saturated heterocycles. The van der Waals surface area contributed by atoms with Gasteiger partial charge in [0.25, 0.3) is 5.91 Å². The summed E-state index contributed by atoms with van der Waals surface area (Å²) in [4.78, 5) is 12.5. The SMILES string of the molecule is CC(C)Oc1ccc(CNC(=O)c2cn[nH]c2-c2ccccc2)cc1. The quantitative estimate of drug-likeness (QED) is 0.720. The molecule has 5 heteroatoms. The fraction of sp³-hybridized carbons (Fsp3) is 0.200. The standard InChI is InChI=1S/C20H21N3O2/c1-14(2)25-17-10-8-15(9-11-17)12-21-20(24)18-13-22-23-19(18)16-6-4-3-5-7-16/h3-11,13-14H,12H2,1-2H3,(H,21,24)(H,22,23). The lowest BCUT2D eigenvalue weighted by Crippen LogP contribution is -2.23. The minimum Gasteiger partial charge on any atom is -0.491 e. The Labute approximate surface area is 147 Å². The van der Waals surface area contributed by atoms with Gasteiger partial charge in [0.2, 0.25) is 0 Å². The number of H-pyrrole nitrogens is 1. The first kappa shape index (κ1) is 16.8. The zero-order chi connectivity index (χ0) is 17.6. The first-order valence-electron chi connectivity index (χ1n) is 8.26. The molecule has 25 heavy (non-hydrogen) atoms. The first-order chi connectivity index (χ1) is 12.1. The van der Waals surface area contributed by atoms with Crippen LogP contribution in [0, 0.1) is 0 Å². The summed E-state index contributed by atoms with van der Waals surface area (Å²) in [6, 6.07) is 17.4. The van der Waals surface area contributed by atoms with E-state index < -0.39 is 0 Å². The number of amides is 1. The monoisotopic (exact) mass is 335 g/mol. The zero-order valence-corrected chi connectivity index (χ0v) is 14.3. The lowest BCUT2D eigenvalue weighted by molar-refractivity contribution is 0.0951. The van der Waals surface area contributed by atoms with Crippen molar-refractivity contribution in [3.05, 3.63) is 71.9 Å². The van der Waals surface area contributed by atoms with Crippen LogP contribution in [0.2, 0.25) is 0 Å². The lowest BCUT2D eigenvalue weighted by atomic mass is 10.1. The molecule has 0 atom stereocenters. The summed E-state index contributed by atoms with van der Waals surface area (Å²) < 4.78 is 5.62. The van der Waals surface area contributed by atoms with Crippen LogP contribution in [-0.4, -0.2) is 22.2 Å². The number of rotatable bonds is 6. The molecule has 0 saturated carbocycles. The van der Waals surface area contributed by atoms with Gasteiger partial charge in [0.1, 0.15) is 5.75 Å². The van der Waals surface area contributed by atoms with Crippen molar-refractivity contribution in [1.82, 2.24) is 15.5 Å². The second-order valence-corrected chi connectivity index (χ2v) is 6.02. The van der Waals surface area contributed by atoms with Gasteiger partial charge in [-0.1, -0.05) is 42.5 Å². The number of nitrogens with one attached hydrogen (secondary N) is 2. The van der Waals surface area contributed by atoms with Crippen molar-refractivity contribution in [1.29, 1.82) is 0 Å². The van der Waals surface area contributed by atoms with Gasteiger partial charge >= 0.3 is 0 Å². The predicted octanol–water partition coefficient (Wildman–Crippen LogP) is 3.79. The zero-order valence-electron chi connectivity index (χ0n) is 14.3. The molecule has 3 rings (SSSR count). The summed E-state index contributed by atoms with van der Waals surface area (Å²) in [5.41, 5.74) is 3.19. The average molecular weight is 335 g/mol. The average Bonchev–Trinajstić information content (AvgIpc) is 3.11. The highest BCUT2D eigenvalue weighted by Crippen LogP contribution is 2.20. The van der Waals surface area contributed by atoms with Crippen LogP contribution in [0.3, 0.4) is 0 Å². The number of carbonyl (C=O) groups excluding carboxylic acids is 1. The molecule has 128 valence electrons. The van der Waals surface area contributed by atoms with E-state index >= 15 is 0 Å². The van der Waals surface area contributed by atoms with Crippen LogP contribution >= 0.6 is 0 Å². The summed E-state index contributed by atoms with van der Waals surface area (Å²) in [6.45, 7) is 4.42. The minimum atomic E-state index is -0.157. The van der Waals surface area contributed by atoms with Crippen molar-refractivity contribution in [3.63, 3.8) is 0 Å². The first-order valence-corrected chi connectivity index (χ1v) is 8.26. The van der Waals surface area contributed by atoms with Gasteiger partial charge in [-0.05, 0) is 31.5 Å². The molecule has 2 N–H and O–H groups in total. The molecule has 0 aliphatic rings. The van der Waals surface area contributed by atoms with E-state index in [9.17, 15) is 4.79 Å². The molecule has 3 aromatic rings. The molecule has 0 radical (unpaired) electrons. The van der Waals surface area contributed by atoms with Gasteiger partial charge in [-0.15, -0.1) is 0 Å². The Kier molecular flexibility index (Phi) is 5.14. The normalized spacial score (nSPS) is 10.7. The molecule has 0 spiro atoms. The van der Waals surface area contributed by atoms with E-state index in [0.717, 1.165) is 22.6 Å². The van der Waals surface area contributed by atoms with Crippen molar-refractivity contribution in [3.8, 4) is 17.0 Å². The third-order valence-electron chi connectivity index (χ3n) is 3.69. The molecule has 0 bridgehead atoms. The maximum absolute atomic E-state index is 12.5. The van der Waals surface area contributed by atoms with E-state index in [1.807, 2.05) is 68.4 Å². The molecule has 0 fully saturated rings. The number of nitrogens with zero attached hydrogens (tertiary/aromatic N) is 1. The number of aromatic nitrogens is 2. The van der Waals surface area contributed by atoms with Gasteiger partial charge in [-0.2, -0.15) is 5.10 Å². The van der Waals surface area contributed by atoms with Crippen molar-refractivity contribution >= 4 is 5.91 Å². The molecule has 1 heterocycles. The lowest BCUT2D eigenvalue weighted by Gasteiger charge is -2.10. The van der Waals surface area contributed by atoms with E-state index in [1.54, 1.807) is 6.20 Å². The van der Waals surface area contributed by atoms with E-state index in [0.29, 0.717) is 12.1 Å². The summed E-state index contributed by atoms with van der Waals surface area (Å²) >= 11 is 0. The Morgan fingerprint density at radius 2 is 1.84 bits per heavy atom. The van der Waals surface area contributed by atoms with Crippen molar-refractivity contribution < 1.29 is 9.53 Å². The molecule has 2 aromatic carbocycles. The third kappa shape index (κ3) is 4.26. The van der Waals surface area contributed by atoms with Crippen LogP contribution in [0.4, 0.5) is 0 Å². The second-order valence-electron chi connectivity index (χ2n) is 6.02. The fourth-order valence-corrected chi connectivity index (χ4v) is 2.52. The second kappa shape index (κ2) is 7.66. The van der Waals surface area contributed by atoms with Gasteiger partial charge in [-0.3, -0.25) is 9.89 Å². The van der Waals surface area contributed by atoms with E-state index in [2.05, 4.69) is 15.5 Å². The van der Waals surface area contributed by atoms with E-state index in [-0.39, 0.29) is 12.0 Å². The largest absolute Gasteiger partial charge is 0.491 e. The fourth-order valence-electron chi connectivity index (χ4n) is 2.52. The molecule has 5 nitrogen and oxygen atoms in total. The van der Waals surface area contributed by atoms with Crippen LogP contribution in [0.1, 0.15) is 29.8 Å². The van der Waals surface area contributed by atoms with E-state index in [4.69, 9.17) is 4.74 Å². The molecular weight excluding hydrogens is 314 g/mol. The summed E-state index contributed by atoms with van der Waals surface area (Å²) in [7, 11) is 0. The molecule has 0 aliphatic heterocycles. The van der Waals surface area contributed by atoms with Gasteiger partial charge < -0.3 is 10.1 Å². The number of benzene rings is 2. The van der Waals surface area contributed by atoms with Crippen LogP contribution in [0.25, 0.3) is 11.3 Å². The third-order valence-corrected chi connectivity index (χ3v) is 3.69. The molecule has 0 aliphatic carbocycles. The van der Waals surface area contributed by atoms with Crippen LogP contribution in [-0.2, 0) is 6.54 Å². The highest BCUT2D eigenvalue weighted by molar-refractivity contribution is 5.99. The van der Waals surface area contributed by atoms with Crippen molar-refractivity contribution in [2.45, 2.75) is 26.5 Å². The molecule has 1 aromatic heterocycles. The van der Waals surface area contributed by atoms with Gasteiger partial charge in [0.15, 0.2) is 0 Å². The Morgan fingerprint density at radius 1 is 1.12 bits per heavy atom. The Bertz CT molecular complexity index is 824. The number of ether oxygens (including phenoxy) is 1. The van der Waals surface area contributed by atoms with E-state index in [1.165, 1.54) is 0 Å². The summed E-state index contributed by atoms with van der Waals surface area (Å²) in [5.74, 6) is 0.668. The number of aromatic amines is 1. The molecular formula is C20H21N3O2. The molecule has 1 amide bonds. The van der Waals surface area contributed by atoms with Gasteiger partial charge in [-0.25, -0.2) is 0 Å². The Balaban J connectivity index is 1.65. The van der Waals surface area contributed by atoms with Crippen molar-refractivity contribution in [2.75, 3.05) is 0 Å². The maximum Gasteiger partial charge on any atom is 0.255 e. The Hall–Kier alpha value is -3.08. The molecule has 0 unspecified atom stereocenters. The highest BCUT2D eigenvalue weighted by Gasteiger charge is 2.14. The van der Waals surface area contributed by atoms with Crippen LogP contribution < -0.4 is 10.1 Å². The topological polar surface area (TPSA) is 67.0 Å².